The molecule has 0 aromatic heterocycles. The maximum absolute atomic E-state index is 11.7. The highest BCUT2D eigenvalue weighted by Gasteiger charge is 2.30. The third-order valence-electron chi connectivity index (χ3n) is 3.67. The van der Waals surface area contributed by atoms with Crippen molar-refractivity contribution in [3.8, 4) is 0 Å². The van der Waals surface area contributed by atoms with Gasteiger partial charge in [0.1, 0.15) is 11.9 Å². The molecule has 0 bridgehead atoms. The molecule has 0 amide bonds. The molecule has 1 aliphatic heterocycles. The monoisotopic (exact) mass is 335 g/mol. The van der Waals surface area contributed by atoms with Gasteiger partial charge in [-0.2, -0.15) is 5.48 Å². The summed E-state index contributed by atoms with van der Waals surface area (Å²) in [7, 11) is 0. The molecule has 3 atom stereocenters. The van der Waals surface area contributed by atoms with Gasteiger partial charge in [0.2, 0.25) is 0 Å². The molecule has 24 heavy (non-hydrogen) atoms. The van der Waals surface area contributed by atoms with Crippen molar-refractivity contribution in [1.29, 1.82) is 5.41 Å². The van der Waals surface area contributed by atoms with Crippen molar-refractivity contribution in [2.75, 3.05) is 6.54 Å². The SMILES string of the molecule is N=C(N)c1ccc([C@@H]2C[C@H](CC(=O)OC(=O)[C@@H](N)CN)ON2)cc1. The van der Waals surface area contributed by atoms with Gasteiger partial charge in [-0.25, -0.2) is 4.79 Å². The maximum atomic E-state index is 11.7. The topological polar surface area (TPSA) is 167 Å². The lowest BCUT2D eigenvalue weighted by atomic mass is 10.00. The summed E-state index contributed by atoms with van der Waals surface area (Å²) in [5.74, 6) is -1.55. The molecule has 1 fully saturated rings. The molecule has 1 saturated heterocycles. The number of nitrogens with one attached hydrogen (secondary N) is 2. The average Bonchev–Trinajstić information content (AvgIpc) is 3.02. The molecule has 2 rings (SSSR count). The minimum Gasteiger partial charge on any atom is -0.392 e. The fraction of sp³-hybridized carbons (Fsp3) is 0.400. The summed E-state index contributed by atoms with van der Waals surface area (Å²) in [6.07, 6.45) is 0.0425. The molecular formula is C15H21N5O4. The number of nitrogens with two attached hydrogens (primary N) is 3. The van der Waals surface area contributed by atoms with E-state index in [1.807, 2.05) is 12.1 Å². The molecule has 1 aromatic rings. The average molecular weight is 335 g/mol. The van der Waals surface area contributed by atoms with E-state index in [1.165, 1.54) is 0 Å². The Morgan fingerprint density at radius 3 is 2.62 bits per heavy atom. The van der Waals surface area contributed by atoms with Gasteiger partial charge in [0.05, 0.1) is 18.6 Å². The Balaban J connectivity index is 1.85. The van der Waals surface area contributed by atoms with Crippen LogP contribution in [0.25, 0.3) is 0 Å². The first-order chi connectivity index (χ1) is 11.4. The van der Waals surface area contributed by atoms with Crippen molar-refractivity contribution in [3.05, 3.63) is 35.4 Å². The number of esters is 2. The van der Waals surface area contributed by atoms with Gasteiger partial charge in [-0.3, -0.25) is 15.0 Å². The number of hydrogen-bond donors (Lipinski definition) is 5. The minimum atomic E-state index is -1.01. The minimum absolute atomic E-state index is 0.00171. The van der Waals surface area contributed by atoms with Gasteiger partial charge in [0.15, 0.2) is 0 Å². The Morgan fingerprint density at radius 1 is 1.38 bits per heavy atom. The van der Waals surface area contributed by atoms with Crippen LogP contribution in [0.1, 0.15) is 30.0 Å². The number of hydroxylamine groups is 1. The van der Waals surface area contributed by atoms with Gasteiger partial charge in [0, 0.05) is 12.1 Å². The smallest absolute Gasteiger partial charge is 0.331 e. The van der Waals surface area contributed by atoms with Gasteiger partial charge in [-0.1, -0.05) is 24.3 Å². The van der Waals surface area contributed by atoms with E-state index in [0.29, 0.717) is 12.0 Å². The molecule has 1 heterocycles. The third kappa shape index (κ3) is 4.59. The van der Waals surface area contributed by atoms with Crippen LogP contribution in [-0.2, 0) is 19.2 Å². The Hall–Kier alpha value is -2.33. The molecule has 9 heteroatoms. The van der Waals surface area contributed by atoms with E-state index in [-0.39, 0.29) is 24.8 Å². The Bertz CT molecular complexity index is 619. The zero-order valence-corrected chi connectivity index (χ0v) is 13.0. The predicted molar refractivity (Wildman–Crippen MR) is 85.6 cm³/mol. The highest BCUT2D eigenvalue weighted by molar-refractivity contribution is 5.94. The summed E-state index contributed by atoms with van der Waals surface area (Å²) in [6.45, 7) is -0.0913. The van der Waals surface area contributed by atoms with Crippen LogP contribution in [0.4, 0.5) is 0 Å². The lowest BCUT2D eigenvalue weighted by molar-refractivity contribution is -0.162. The Labute approximate surface area is 138 Å². The summed E-state index contributed by atoms with van der Waals surface area (Å²) >= 11 is 0. The van der Waals surface area contributed by atoms with Crippen LogP contribution in [0.15, 0.2) is 24.3 Å². The van der Waals surface area contributed by atoms with Crippen LogP contribution >= 0.6 is 0 Å². The number of carbonyl (C=O) groups is 2. The van der Waals surface area contributed by atoms with E-state index in [2.05, 4.69) is 10.2 Å². The van der Waals surface area contributed by atoms with Gasteiger partial charge in [0.25, 0.3) is 0 Å². The lowest BCUT2D eigenvalue weighted by Gasteiger charge is -2.10. The zero-order chi connectivity index (χ0) is 17.7. The molecule has 0 spiro atoms. The number of carbonyl (C=O) groups excluding carboxylic acids is 2. The number of amidine groups is 1. The summed E-state index contributed by atoms with van der Waals surface area (Å²) in [4.78, 5) is 28.5. The molecule has 130 valence electrons. The molecule has 0 radical (unpaired) electrons. The van der Waals surface area contributed by atoms with E-state index in [9.17, 15) is 9.59 Å². The Kier molecular flexibility index (Phi) is 5.99. The second-order valence-corrected chi connectivity index (χ2v) is 5.52. The van der Waals surface area contributed by atoms with Crippen LogP contribution in [0, 0.1) is 5.41 Å². The molecule has 8 N–H and O–H groups in total. The highest BCUT2D eigenvalue weighted by Crippen LogP contribution is 2.27. The van der Waals surface area contributed by atoms with Crippen molar-refractivity contribution in [2.45, 2.75) is 31.0 Å². The molecule has 0 unspecified atom stereocenters. The fourth-order valence-electron chi connectivity index (χ4n) is 2.27. The fourth-order valence-corrected chi connectivity index (χ4v) is 2.27. The highest BCUT2D eigenvalue weighted by atomic mass is 16.7. The first kappa shape index (κ1) is 18.0. The van der Waals surface area contributed by atoms with Gasteiger partial charge in [-0.05, 0) is 12.0 Å². The van der Waals surface area contributed by atoms with Crippen LogP contribution in [0.5, 0.6) is 0 Å². The number of rotatable bonds is 6. The van der Waals surface area contributed by atoms with Crippen LogP contribution in [0.2, 0.25) is 0 Å². The third-order valence-corrected chi connectivity index (χ3v) is 3.67. The van der Waals surface area contributed by atoms with Crippen LogP contribution in [0.3, 0.4) is 0 Å². The second-order valence-electron chi connectivity index (χ2n) is 5.52. The van der Waals surface area contributed by atoms with E-state index < -0.39 is 24.1 Å². The van der Waals surface area contributed by atoms with E-state index in [0.717, 1.165) is 5.56 Å². The number of hydrogen-bond acceptors (Lipinski definition) is 8. The summed E-state index contributed by atoms with van der Waals surface area (Å²) in [5.41, 5.74) is 20.4. The predicted octanol–water partition coefficient (Wildman–Crippen LogP) is -0.949. The number of benzene rings is 1. The molecule has 1 aliphatic rings. The summed E-state index contributed by atoms with van der Waals surface area (Å²) in [5, 5.41) is 7.37. The normalized spacial score (nSPS) is 21.2. The van der Waals surface area contributed by atoms with Gasteiger partial charge < -0.3 is 21.9 Å². The lowest BCUT2D eigenvalue weighted by Crippen LogP contribution is -2.40. The second kappa shape index (κ2) is 7.97. The van der Waals surface area contributed by atoms with Gasteiger partial charge in [-0.15, -0.1) is 0 Å². The summed E-state index contributed by atoms with van der Waals surface area (Å²) in [6, 6.07) is 6.04. The van der Waals surface area contributed by atoms with Crippen molar-refractivity contribution in [3.63, 3.8) is 0 Å². The van der Waals surface area contributed by atoms with Crippen molar-refractivity contribution in [2.24, 2.45) is 17.2 Å². The summed E-state index contributed by atoms with van der Waals surface area (Å²) < 4.78 is 4.62. The van der Waals surface area contributed by atoms with E-state index >= 15 is 0 Å². The first-order valence-electron chi connectivity index (χ1n) is 7.46. The zero-order valence-electron chi connectivity index (χ0n) is 13.0. The Morgan fingerprint density at radius 2 is 2.04 bits per heavy atom. The quantitative estimate of drug-likeness (QED) is 0.192. The van der Waals surface area contributed by atoms with E-state index in [1.54, 1.807) is 12.1 Å². The molecule has 1 aromatic carbocycles. The molecule has 9 nitrogen and oxygen atoms in total. The van der Waals surface area contributed by atoms with Gasteiger partial charge >= 0.3 is 11.9 Å². The molecule has 0 aliphatic carbocycles. The largest absolute Gasteiger partial charge is 0.392 e. The standard InChI is InChI=1S/C15H21N5O4/c16-7-11(17)15(22)23-13(21)6-10-5-12(20-24-10)8-1-3-9(4-2-8)14(18)19/h1-4,10-12,20H,5-7,16-17H2,(H3,18,19)/t10-,11+,12+/m1/s1. The van der Waals surface area contributed by atoms with Crippen molar-refractivity contribution < 1.29 is 19.2 Å². The van der Waals surface area contributed by atoms with E-state index in [4.69, 9.17) is 27.4 Å². The molecular weight excluding hydrogens is 314 g/mol. The number of ether oxygens (including phenoxy) is 1. The van der Waals surface area contributed by atoms with Crippen LogP contribution < -0.4 is 22.7 Å². The maximum Gasteiger partial charge on any atom is 0.331 e. The molecule has 0 saturated carbocycles. The van der Waals surface area contributed by atoms with Crippen molar-refractivity contribution >= 4 is 17.8 Å². The first-order valence-corrected chi connectivity index (χ1v) is 7.46. The van der Waals surface area contributed by atoms with Crippen molar-refractivity contribution in [1.82, 2.24) is 5.48 Å². The number of nitrogen functional groups attached to an aromatic ring is 1. The van der Waals surface area contributed by atoms with Crippen LogP contribution in [-0.4, -0.2) is 36.5 Å².